The number of hydrogen-bond acceptors (Lipinski definition) is 5. The first-order chi connectivity index (χ1) is 14.5. The molecule has 0 spiro atoms. The van der Waals surface area contributed by atoms with E-state index in [1.807, 2.05) is 37.4 Å². The molecule has 2 aromatic carbocycles. The highest BCUT2D eigenvalue weighted by Crippen LogP contribution is 2.38. The third kappa shape index (κ3) is 5.00. The molecule has 3 aromatic rings. The lowest BCUT2D eigenvalue weighted by Crippen LogP contribution is -2.08. The van der Waals surface area contributed by atoms with Crippen molar-refractivity contribution in [2.24, 2.45) is 0 Å². The number of aryl methyl sites for hydroxylation is 1. The van der Waals surface area contributed by atoms with Crippen molar-refractivity contribution in [3.8, 4) is 17.2 Å². The van der Waals surface area contributed by atoms with E-state index in [9.17, 15) is 4.79 Å². The third-order valence-electron chi connectivity index (χ3n) is 4.61. The minimum Gasteiger partial charge on any atom is -0.493 e. The van der Waals surface area contributed by atoms with Gasteiger partial charge in [0.05, 0.1) is 21.3 Å². The van der Waals surface area contributed by atoms with Crippen LogP contribution in [0.5, 0.6) is 17.2 Å². The van der Waals surface area contributed by atoms with Crippen molar-refractivity contribution in [2.45, 2.75) is 13.5 Å². The second-order valence-corrected chi connectivity index (χ2v) is 6.58. The summed E-state index contributed by atoms with van der Waals surface area (Å²) < 4.78 is 18.0. The first-order valence-electron chi connectivity index (χ1n) is 9.39. The number of imidazole rings is 1. The predicted octanol–water partition coefficient (Wildman–Crippen LogP) is 3.92. The van der Waals surface area contributed by atoms with Crippen molar-refractivity contribution in [1.82, 2.24) is 9.55 Å². The number of carbonyl (C=O) groups excluding carboxylic acids is 1. The van der Waals surface area contributed by atoms with Gasteiger partial charge in [-0.1, -0.05) is 12.1 Å². The average molecular weight is 407 g/mol. The lowest BCUT2D eigenvalue weighted by molar-refractivity contribution is -0.111. The SMILES string of the molecule is COc1cc(/C=C/C(=O)Nc2ccc(Cn3ccnc3C)cc2)cc(OC)c1OC. The highest BCUT2D eigenvalue weighted by Gasteiger charge is 2.12. The molecule has 0 atom stereocenters. The van der Waals surface area contributed by atoms with Crippen LogP contribution in [0.25, 0.3) is 6.08 Å². The highest BCUT2D eigenvalue weighted by molar-refractivity contribution is 6.02. The summed E-state index contributed by atoms with van der Waals surface area (Å²) in [6, 6.07) is 11.3. The maximum atomic E-state index is 12.3. The smallest absolute Gasteiger partial charge is 0.248 e. The number of aromatic nitrogens is 2. The molecule has 0 fully saturated rings. The molecule has 0 saturated carbocycles. The zero-order valence-corrected chi connectivity index (χ0v) is 17.5. The van der Waals surface area contributed by atoms with Gasteiger partial charge in [0, 0.05) is 30.7 Å². The quantitative estimate of drug-likeness (QED) is 0.573. The number of methoxy groups -OCH3 is 3. The molecule has 7 nitrogen and oxygen atoms in total. The predicted molar refractivity (Wildman–Crippen MR) is 116 cm³/mol. The molecule has 1 aromatic heterocycles. The second-order valence-electron chi connectivity index (χ2n) is 6.58. The molecule has 1 N–H and O–H groups in total. The van der Waals surface area contributed by atoms with Crippen molar-refractivity contribution in [3.05, 3.63) is 71.8 Å². The number of benzene rings is 2. The zero-order valence-electron chi connectivity index (χ0n) is 17.5. The average Bonchev–Trinajstić information content (AvgIpc) is 3.17. The van der Waals surface area contributed by atoms with Gasteiger partial charge in [0.1, 0.15) is 5.82 Å². The summed E-state index contributed by atoms with van der Waals surface area (Å²) in [4.78, 5) is 16.5. The minimum absolute atomic E-state index is 0.234. The molecular weight excluding hydrogens is 382 g/mol. The third-order valence-corrected chi connectivity index (χ3v) is 4.61. The number of anilines is 1. The number of hydrogen-bond donors (Lipinski definition) is 1. The summed E-state index contributed by atoms with van der Waals surface area (Å²) in [5.74, 6) is 2.29. The minimum atomic E-state index is -0.234. The second kappa shape index (κ2) is 9.65. The van der Waals surface area contributed by atoms with Gasteiger partial charge in [-0.3, -0.25) is 4.79 Å². The Bertz CT molecular complexity index is 1010. The Morgan fingerprint density at radius 1 is 1.07 bits per heavy atom. The topological polar surface area (TPSA) is 74.6 Å². The van der Waals surface area contributed by atoms with Gasteiger partial charge in [-0.2, -0.15) is 0 Å². The van der Waals surface area contributed by atoms with Gasteiger partial charge in [-0.15, -0.1) is 0 Å². The van der Waals surface area contributed by atoms with E-state index in [2.05, 4.69) is 14.9 Å². The van der Waals surface area contributed by atoms with Crippen molar-refractivity contribution < 1.29 is 19.0 Å². The van der Waals surface area contributed by atoms with E-state index in [0.717, 1.165) is 29.2 Å². The Kier molecular flexibility index (Phi) is 6.75. The van der Waals surface area contributed by atoms with Crippen LogP contribution in [0, 0.1) is 6.92 Å². The molecule has 0 aliphatic rings. The molecule has 156 valence electrons. The van der Waals surface area contributed by atoms with Crippen molar-refractivity contribution in [2.75, 3.05) is 26.6 Å². The molecular formula is C23H25N3O4. The summed E-state index contributed by atoms with van der Waals surface area (Å²) in [6.45, 7) is 2.70. The van der Waals surface area contributed by atoms with Gasteiger partial charge in [0.2, 0.25) is 11.7 Å². The Balaban J connectivity index is 1.65. The molecule has 7 heteroatoms. The number of amides is 1. The summed E-state index contributed by atoms with van der Waals surface area (Å²) in [6.07, 6.45) is 6.88. The molecule has 0 aliphatic heterocycles. The fraction of sp³-hybridized carbons (Fsp3) is 0.217. The van der Waals surface area contributed by atoms with Gasteiger partial charge < -0.3 is 24.1 Å². The van der Waals surface area contributed by atoms with Gasteiger partial charge in [0.25, 0.3) is 0 Å². The lowest BCUT2D eigenvalue weighted by Gasteiger charge is -2.12. The van der Waals surface area contributed by atoms with E-state index in [1.54, 1.807) is 45.7 Å². The Labute approximate surface area is 175 Å². The number of rotatable bonds is 8. The fourth-order valence-corrected chi connectivity index (χ4v) is 3.01. The first kappa shape index (κ1) is 21.0. The van der Waals surface area contributed by atoms with Crippen molar-refractivity contribution in [3.63, 3.8) is 0 Å². The largest absolute Gasteiger partial charge is 0.493 e. The van der Waals surface area contributed by atoms with Crippen LogP contribution in [-0.2, 0) is 11.3 Å². The van der Waals surface area contributed by atoms with Crippen LogP contribution >= 0.6 is 0 Å². The first-order valence-corrected chi connectivity index (χ1v) is 9.39. The van der Waals surface area contributed by atoms with E-state index in [4.69, 9.17) is 14.2 Å². The van der Waals surface area contributed by atoms with Gasteiger partial charge in [-0.25, -0.2) is 4.98 Å². The van der Waals surface area contributed by atoms with Gasteiger partial charge in [0.15, 0.2) is 11.5 Å². The monoisotopic (exact) mass is 407 g/mol. The summed E-state index contributed by atoms with van der Waals surface area (Å²) >= 11 is 0. The van der Waals surface area contributed by atoms with Crippen LogP contribution in [0.15, 0.2) is 54.9 Å². The zero-order chi connectivity index (χ0) is 21.5. The van der Waals surface area contributed by atoms with Crippen LogP contribution in [0.3, 0.4) is 0 Å². The maximum absolute atomic E-state index is 12.3. The molecule has 0 aliphatic carbocycles. The normalized spacial score (nSPS) is 10.8. The van der Waals surface area contributed by atoms with Crippen LogP contribution in [0.4, 0.5) is 5.69 Å². The molecule has 0 saturated heterocycles. The number of ether oxygens (including phenoxy) is 3. The van der Waals surface area contributed by atoms with E-state index in [0.29, 0.717) is 17.2 Å². The highest BCUT2D eigenvalue weighted by atomic mass is 16.5. The fourth-order valence-electron chi connectivity index (χ4n) is 3.01. The van der Waals surface area contributed by atoms with Crippen LogP contribution < -0.4 is 19.5 Å². The summed E-state index contributed by atoms with van der Waals surface area (Å²) in [7, 11) is 4.65. The van der Waals surface area contributed by atoms with Crippen molar-refractivity contribution >= 4 is 17.7 Å². The van der Waals surface area contributed by atoms with E-state index in [1.165, 1.54) is 6.08 Å². The van der Waals surface area contributed by atoms with E-state index >= 15 is 0 Å². The van der Waals surface area contributed by atoms with Crippen molar-refractivity contribution in [1.29, 1.82) is 0 Å². The van der Waals surface area contributed by atoms with E-state index in [-0.39, 0.29) is 5.91 Å². The summed E-state index contributed by atoms with van der Waals surface area (Å²) in [5.41, 5.74) is 2.61. The van der Waals surface area contributed by atoms with Gasteiger partial charge in [-0.05, 0) is 48.4 Å². The molecule has 30 heavy (non-hydrogen) atoms. The standard InChI is InChI=1S/C23H25N3O4/c1-16-24-11-12-26(16)15-17-5-8-19(9-6-17)25-22(27)10-7-18-13-20(28-2)23(30-4)21(14-18)29-3/h5-14H,15H2,1-4H3,(H,25,27)/b10-7+. The maximum Gasteiger partial charge on any atom is 0.248 e. The summed E-state index contributed by atoms with van der Waals surface area (Å²) in [5, 5.41) is 2.86. The molecule has 1 amide bonds. The number of nitrogens with zero attached hydrogens (tertiary/aromatic N) is 2. The lowest BCUT2D eigenvalue weighted by atomic mass is 10.1. The van der Waals surface area contributed by atoms with Crippen LogP contribution in [0.1, 0.15) is 17.0 Å². The molecule has 3 rings (SSSR count). The number of nitrogens with one attached hydrogen (secondary N) is 1. The van der Waals surface area contributed by atoms with E-state index < -0.39 is 0 Å². The van der Waals surface area contributed by atoms with Crippen LogP contribution in [-0.4, -0.2) is 36.8 Å². The molecule has 1 heterocycles. The Hall–Kier alpha value is -3.74. The van der Waals surface area contributed by atoms with Gasteiger partial charge >= 0.3 is 0 Å². The number of carbonyl (C=O) groups is 1. The Morgan fingerprint density at radius 2 is 1.73 bits per heavy atom. The molecule has 0 unspecified atom stereocenters. The molecule has 0 radical (unpaired) electrons. The molecule has 0 bridgehead atoms. The van der Waals surface area contributed by atoms with Crippen LogP contribution in [0.2, 0.25) is 0 Å². The Morgan fingerprint density at radius 3 is 2.27 bits per heavy atom.